The second-order valence-electron chi connectivity index (χ2n) is 6.96. The molecule has 8 heteroatoms. The Bertz CT molecular complexity index is 839. The smallest absolute Gasteiger partial charge is 0.326 e. The Balaban J connectivity index is 2.26. The van der Waals surface area contributed by atoms with E-state index in [-0.39, 0.29) is 18.2 Å². The number of carbonyl (C=O) groups excluding carboxylic acids is 1. The normalized spacial score (nSPS) is 13.3. The summed E-state index contributed by atoms with van der Waals surface area (Å²) in [4.78, 5) is 32.7. The van der Waals surface area contributed by atoms with Gasteiger partial charge in [0.2, 0.25) is 5.91 Å². The molecule has 0 spiro atoms. The fourth-order valence-corrected chi connectivity index (χ4v) is 3.00. The van der Waals surface area contributed by atoms with Crippen LogP contribution in [0.3, 0.4) is 0 Å². The molecule has 0 aromatic carbocycles. The van der Waals surface area contributed by atoms with E-state index in [2.05, 4.69) is 20.4 Å². The van der Waals surface area contributed by atoms with E-state index < -0.39 is 12.0 Å². The summed E-state index contributed by atoms with van der Waals surface area (Å²) in [6.07, 6.45) is 0.722. The highest BCUT2D eigenvalue weighted by Gasteiger charge is 2.26. The molecule has 8 nitrogen and oxygen atoms in total. The van der Waals surface area contributed by atoms with E-state index in [1.54, 1.807) is 4.68 Å². The molecule has 27 heavy (non-hydrogen) atoms. The molecule has 0 unspecified atom stereocenters. The van der Waals surface area contributed by atoms with Gasteiger partial charge in [-0.1, -0.05) is 20.3 Å². The quantitative estimate of drug-likeness (QED) is 0.769. The van der Waals surface area contributed by atoms with Gasteiger partial charge in [0.05, 0.1) is 12.1 Å². The van der Waals surface area contributed by atoms with Gasteiger partial charge in [-0.05, 0) is 39.7 Å². The zero-order valence-electron chi connectivity index (χ0n) is 16.7. The van der Waals surface area contributed by atoms with Crippen molar-refractivity contribution in [3.8, 4) is 5.95 Å². The highest BCUT2D eigenvalue weighted by molar-refractivity contribution is 5.85. The third-order valence-corrected chi connectivity index (χ3v) is 4.73. The molecule has 0 bridgehead atoms. The van der Waals surface area contributed by atoms with Crippen LogP contribution >= 0.6 is 0 Å². The third kappa shape index (κ3) is 4.69. The van der Waals surface area contributed by atoms with Gasteiger partial charge in [0, 0.05) is 22.6 Å². The van der Waals surface area contributed by atoms with Gasteiger partial charge in [0.25, 0.3) is 5.95 Å². The molecule has 146 valence electrons. The van der Waals surface area contributed by atoms with E-state index in [9.17, 15) is 14.7 Å². The molecule has 2 atom stereocenters. The molecule has 1 amide bonds. The first-order valence-corrected chi connectivity index (χ1v) is 9.03. The molecule has 2 rings (SSSR count). The lowest BCUT2D eigenvalue weighted by Gasteiger charge is -2.20. The van der Waals surface area contributed by atoms with E-state index in [1.807, 2.05) is 47.6 Å². The lowest BCUT2D eigenvalue weighted by molar-refractivity contribution is -0.143. The molecule has 0 fully saturated rings. The van der Waals surface area contributed by atoms with Crippen molar-refractivity contribution in [2.24, 2.45) is 5.92 Å². The number of hydrogen-bond donors (Lipinski definition) is 2. The van der Waals surface area contributed by atoms with Crippen LogP contribution in [0.25, 0.3) is 5.95 Å². The zero-order chi connectivity index (χ0) is 20.3. The van der Waals surface area contributed by atoms with Crippen LogP contribution in [0, 0.1) is 33.6 Å². The van der Waals surface area contributed by atoms with Crippen molar-refractivity contribution >= 4 is 11.9 Å². The second-order valence-corrected chi connectivity index (χ2v) is 6.96. The van der Waals surface area contributed by atoms with Crippen LogP contribution in [0.4, 0.5) is 0 Å². The van der Waals surface area contributed by atoms with Gasteiger partial charge < -0.3 is 10.4 Å². The molecule has 0 aliphatic heterocycles. The molecular formula is C19H27N5O3. The number of carboxylic acids is 1. The summed E-state index contributed by atoms with van der Waals surface area (Å²) < 4.78 is 1.63. The summed E-state index contributed by atoms with van der Waals surface area (Å²) in [5, 5.41) is 16.5. The van der Waals surface area contributed by atoms with Crippen LogP contribution in [0.5, 0.6) is 0 Å². The maximum atomic E-state index is 12.5. The Morgan fingerprint density at radius 2 is 1.78 bits per heavy atom. The van der Waals surface area contributed by atoms with E-state index in [4.69, 9.17) is 0 Å². The molecule has 2 heterocycles. The van der Waals surface area contributed by atoms with E-state index in [0.717, 1.165) is 22.6 Å². The number of nitrogens with one attached hydrogen (secondary N) is 1. The fraction of sp³-hybridized carbons (Fsp3) is 0.526. The van der Waals surface area contributed by atoms with Gasteiger partial charge in [-0.3, -0.25) is 4.79 Å². The highest BCUT2D eigenvalue weighted by Crippen LogP contribution is 2.17. The Morgan fingerprint density at radius 1 is 1.19 bits per heavy atom. The van der Waals surface area contributed by atoms with E-state index in [1.165, 1.54) is 0 Å². The Labute approximate surface area is 159 Å². The monoisotopic (exact) mass is 373 g/mol. The van der Waals surface area contributed by atoms with Crippen LogP contribution in [-0.2, 0) is 16.0 Å². The van der Waals surface area contributed by atoms with E-state index in [0.29, 0.717) is 18.1 Å². The number of aryl methyl sites for hydroxylation is 3. The summed E-state index contributed by atoms with van der Waals surface area (Å²) >= 11 is 0. The molecule has 0 radical (unpaired) electrons. The van der Waals surface area contributed by atoms with Gasteiger partial charge in [-0.15, -0.1) is 0 Å². The van der Waals surface area contributed by atoms with Gasteiger partial charge >= 0.3 is 5.97 Å². The first-order chi connectivity index (χ1) is 12.6. The minimum atomic E-state index is -1.02. The first kappa shape index (κ1) is 20.5. The average molecular weight is 373 g/mol. The van der Waals surface area contributed by atoms with Crippen molar-refractivity contribution in [1.82, 2.24) is 25.1 Å². The van der Waals surface area contributed by atoms with Gasteiger partial charge in [0.15, 0.2) is 0 Å². The van der Waals surface area contributed by atoms with Crippen molar-refractivity contribution < 1.29 is 14.7 Å². The maximum Gasteiger partial charge on any atom is 0.326 e. The van der Waals surface area contributed by atoms with Crippen molar-refractivity contribution in [1.29, 1.82) is 0 Å². The molecule has 0 aliphatic carbocycles. The number of aliphatic carboxylic acids is 1. The second kappa shape index (κ2) is 8.28. The number of hydrogen-bond acceptors (Lipinski definition) is 5. The maximum absolute atomic E-state index is 12.5. The number of carbonyl (C=O) groups is 2. The lowest BCUT2D eigenvalue weighted by Crippen LogP contribution is -2.45. The summed E-state index contributed by atoms with van der Waals surface area (Å²) in [5.74, 6) is -1.05. The molecule has 0 saturated carbocycles. The van der Waals surface area contributed by atoms with Crippen LogP contribution in [-0.4, -0.2) is 42.8 Å². The number of nitrogens with zero attached hydrogens (tertiary/aromatic N) is 4. The predicted molar refractivity (Wildman–Crippen MR) is 101 cm³/mol. The highest BCUT2D eigenvalue weighted by atomic mass is 16.4. The van der Waals surface area contributed by atoms with Gasteiger partial charge in [-0.25, -0.2) is 19.4 Å². The average Bonchev–Trinajstić information content (AvgIpc) is 2.86. The summed E-state index contributed by atoms with van der Waals surface area (Å²) in [7, 11) is 0. The lowest BCUT2D eigenvalue weighted by atomic mass is 9.99. The molecule has 2 N–H and O–H groups in total. The molecular weight excluding hydrogens is 346 g/mol. The minimum absolute atomic E-state index is 0.0582. The number of aromatic nitrogens is 4. The van der Waals surface area contributed by atoms with Crippen molar-refractivity contribution in [3.63, 3.8) is 0 Å². The van der Waals surface area contributed by atoms with Crippen molar-refractivity contribution in [2.75, 3.05) is 0 Å². The summed E-state index contributed by atoms with van der Waals surface area (Å²) in [6, 6.07) is 0.978. The van der Waals surface area contributed by atoms with Crippen LogP contribution in [0.1, 0.15) is 48.6 Å². The van der Waals surface area contributed by atoms with Crippen molar-refractivity contribution in [3.05, 3.63) is 34.4 Å². The first-order valence-electron chi connectivity index (χ1n) is 9.03. The van der Waals surface area contributed by atoms with Crippen LogP contribution in [0.2, 0.25) is 0 Å². The molecule has 2 aromatic heterocycles. The Morgan fingerprint density at radius 3 is 2.30 bits per heavy atom. The summed E-state index contributed by atoms with van der Waals surface area (Å²) in [6.45, 7) is 11.2. The molecule has 0 aliphatic rings. The van der Waals surface area contributed by atoms with Crippen molar-refractivity contribution in [2.45, 2.75) is 60.4 Å². The van der Waals surface area contributed by atoms with Crippen LogP contribution in [0.15, 0.2) is 6.07 Å². The van der Waals surface area contributed by atoms with Crippen LogP contribution < -0.4 is 5.32 Å². The van der Waals surface area contributed by atoms with Gasteiger partial charge in [0.1, 0.15) is 6.04 Å². The zero-order valence-corrected chi connectivity index (χ0v) is 16.7. The standard InChI is InChI=1S/C19H27N5O3/c1-7-10(2)17(18(26)27)22-16(25)9-15-13(5)23-24(14(15)6)19-20-11(3)8-12(4)21-19/h8,10,17H,7,9H2,1-6H3,(H,22,25)(H,26,27)/t10-,17-/m0/s1. The number of rotatable bonds is 7. The molecule has 0 saturated heterocycles. The predicted octanol–water partition coefficient (Wildman–Crippen LogP) is 2.05. The Hall–Kier alpha value is -2.77. The topological polar surface area (TPSA) is 110 Å². The largest absolute Gasteiger partial charge is 0.480 e. The molecule has 2 aromatic rings. The number of carboxylic acid groups (broad SMARTS) is 1. The van der Waals surface area contributed by atoms with E-state index >= 15 is 0 Å². The SMILES string of the molecule is CC[C@H](C)[C@H](NC(=O)Cc1c(C)nn(-c2nc(C)cc(C)n2)c1C)C(=O)O. The third-order valence-electron chi connectivity index (χ3n) is 4.73. The fourth-order valence-electron chi connectivity index (χ4n) is 3.00. The number of amides is 1. The van der Waals surface area contributed by atoms with Gasteiger partial charge in [-0.2, -0.15) is 5.10 Å². The minimum Gasteiger partial charge on any atom is -0.480 e. The Kier molecular flexibility index (Phi) is 6.30. The summed E-state index contributed by atoms with van der Waals surface area (Å²) in [5.41, 5.74) is 3.89.